The van der Waals surface area contributed by atoms with Gasteiger partial charge >= 0.3 is 11.9 Å². The summed E-state index contributed by atoms with van der Waals surface area (Å²) in [5, 5.41) is 4.31. The molecule has 0 radical (unpaired) electrons. The fraction of sp³-hybridized carbons (Fsp3) is 0.179. The smallest absolute Gasteiger partial charge is 0.416 e. The second kappa shape index (κ2) is 9.46. The molecule has 42 heavy (non-hydrogen) atoms. The van der Waals surface area contributed by atoms with Crippen LogP contribution in [-0.2, 0) is 19.3 Å². The van der Waals surface area contributed by atoms with Crippen LogP contribution in [0.4, 0.5) is 33.3 Å². The number of aromatic nitrogens is 4. The topological polar surface area (TPSA) is 100 Å². The largest absolute Gasteiger partial charge is 0.494 e. The zero-order chi connectivity index (χ0) is 30.1. The summed E-state index contributed by atoms with van der Waals surface area (Å²) < 4.78 is 79.8. The van der Waals surface area contributed by atoms with Gasteiger partial charge in [0.25, 0.3) is 5.56 Å². The Kier molecular flexibility index (Phi) is 6.09. The molecule has 0 saturated heterocycles. The molecule has 0 bridgehead atoms. The van der Waals surface area contributed by atoms with E-state index in [-0.39, 0.29) is 29.0 Å². The Bertz CT molecular complexity index is 2030. The van der Waals surface area contributed by atoms with Gasteiger partial charge in [-0.1, -0.05) is 12.1 Å². The van der Waals surface area contributed by atoms with Crippen molar-refractivity contribution in [2.45, 2.75) is 19.3 Å². The number of halogens is 5. The zero-order valence-electron chi connectivity index (χ0n) is 22.0. The lowest BCUT2D eigenvalue weighted by Crippen LogP contribution is -2.40. The highest BCUT2D eigenvalue weighted by Crippen LogP contribution is 2.36. The van der Waals surface area contributed by atoms with E-state index in [9.17, 15) is 27.2 Å². The molecule has 2 N–H and O–H groups in total. The Labute approximate surface area is 233 Å². The lowest BCUT2D eigenvalue weighted by molar-refractivity contribution is -0.138. The summed E-state index contributed by atoms with van der Waals surface area (Å²) in [5.41, 5.74) is 2.66. The summed E-state index contributed by atoms with van der Waals surface area (Å²) in [6.45, 7) is -0.877. The van der Waals surface area contributed by atoms with E-state index in [4.69, 9.17) is 10.5 Å². The molecule has 14 heteroatoms. The third kappa shape index (κ3) is 4.01. The quantitative estimate of drug-likeness (QED) is 0.251. The first-order chi connectivity index (χ1) is 19.9. The molecule has 1 aliphatic heterocycles. The molecule has 6 rings (SSSR count). The predicted octanol–water partition coefficient (Wildman–Crippen LogP) is 4.22. The minimum Gasteiger partial charge on any atom is -0.494 e. The van der Waals surface area contributed by atoms with Crippen molar-refractivity contribution in [1.82, 2.24) is 18.9 Å². The van der Waals surface area contributed by atoms with Crippen molar-refractivity contribution in [3.63, 3.8) is 0 Å². The van der Waals surface area contributed by atoms with E-state index in [2.05, 4.69) is 5.10 Å². The van der Waals surface area contributed by atoms with Crippen molar-refractivity contribution in [1.29, 1.82) is 0 Å². The van der Waals surface area contributed by atoms with Crippen molar-refractivity contribution in [3.05, 3.63) is 104 Å². The van der Waals surface area contributed by atoms with E-state index in [0.29, 0.717) is 27.7 Å². The van der Waals surface area contributed by atoms with Crippen LogP contribution in [0.5, 0.6) is 5.75 Å². The number of nitrogen functional groups attached to an aromatic ring is 1. The highest BCUT2D eigenvalue weighted by atomic mass is 19.4. The van der Waals surface area contributed by atoms with E-state index >= 15 is 4.39 Å². The maximum atomic E-state index is 15.4. The van der Waals surface area contributed by atoms with Gasteiger partial charge in [0.1, 0.15) is 11.2 Å². The molecule has 9 nitrogen and oxygen atoms in total. The molecule has 0 atom stereocenters. The molecule has 0 amide bonds. The second-order valence-corrected chi connectivity index (χ2v) is 9.73. The van der Waals surface area contributed by atoms with Gasteiger partial charge in [-0.2, -0.15) is 13.2 Å². The number of nitrogens with two attached hydrogens (primary N) is 1. The first-order valence-electron chi connectivity index (χ1n) is 12.5. The van der Waals surface area contributed by atoms with Gasteiger partial charge in [0.2, 0.25) is 0 Å². The van der Waals surface area contributed by atoms with Gasteiger partial charge in [0.05, 0.1) is 48.5 Å². The van der Waals surface area contributed by atoms with Crippen molar-refractivity contribution >= 4 is 22.4 Å². The van der Waals surface area contributed by atoms with Gasteiger partial charge in [-0.15, -0.1) is 5.10 Å². The zero-order valence-corrected chi connectivity index (χ0v) is 22.0. The molecule has 5 aromatic rings. The Balaban J connectivity index is 1.74. The normalized spacial score (nSPS) is 12.9. The van der Waals surface area contributed by atoms with Gasteiger partial charge in [0.15, 0.2) is 17.2 Å². The number of alkyl halides is 3. The van der Waals surface area contributed by atoms with Crippen molar-refractivity contribution < 1.29 is 26.7 Å². The van der Waals surface area contributed by atoms with Gasteiger partial charge in [0, 0.05) is 18.3 Å². The summed E-state index contributed by atoms with van der Waals surface area (Å²) in [5.74, 6) is -2.55. The van der Waals surface area contributed by atoms with Crippen LogP contribution in [0.25, 0.3) is 22.4 Å². The van der Waals surface area contributed by atoms with Crippen molar-refractivity contribution in [2.24, 2.45) is 0 Å². The molecular formula is C28H21F5N6O3. The van der Waals surface area contributed by atoms with Crippen LogP contribution in [0.3, 0.4) is 0 Å². The molecule has 1 aliphatic rings. The van der Waals surface area contributed by atoms with Crippen LogP contribution in [0.2, 0.25) is 0 Å². The van der Waals surface area contributed by atoms with E-state index in [1.165, 1.54) is 23.9 Å². The molecule has 216 valence electrons. The second-order valence-electron chi connectivity index (χ2n) is 9.73. The maximum absolute atomic E-state index is 15.4. The maximum Gasteiger partial charge on any atom is 0.416 e. The minimum absolute atomic E-state index is 0.0779. The van der Waals surface area contributed by atoms with Crippen LogP contribution in [-0.4, -0.2) is 33.1 Å². The van der Waals surface area contributed by atoms with Crippen LogP contribution < -0.4 is 26.6 Å². The fourth-order valence-electron chi connectivity index (χ4n) is 5.27. The van der Waals surface area contributed by atoms with E-state index in [0.717, 1.165) is 22.8 Å². The van der Waals surface area contributed by atoms with Crippen LogP contribution in [0.1, 0.15) is 16.8 Å². The summed E-state index contributed by atoms with van der Waals surface area (Å²) in [4.78, 5) is 29.7. The minimum atomic E-state index is -4.96. The average Bonchev–Trinajstić information content (AvgIpc) is 3.31. The first kappa shape index (κ1) is 27.1. The number of rotatable bonds is 4. The van der Waals surface area contributed by atoms with E-state index in [1.54, 1.807) is 30.1 Å². The standard InChI is InChI=1S/C28H21F5N6O3/c1-36-13-21-23-25(35-39(21)18-10-9-14(34)11-20(18)36)37(12-15-16(28(31,32)33)5-3-6-17(15)29)27(41)38(26(23)40)19-7-4-8-22(42-2)24(19)30/h3-11H,12-13,34H2,1-2H3. The van der Waals surface area contributed by atoms with Gasteiger partial charge in [-0.3, -0.25) is 9.36 Å². The highest BCUT2D eigenvalue weighted by Gasteiger charge is 2.36. The molecule has 0 saturated carbocycles. The predicted molar refractivity (Wildman–Crippen MR) is 144 cm³/mol. The molecule has 0 spiro atoms. The third-order valence-corrected chi connectivity index (χ3v) is 7.23. The van der Waals surface area contributed by atoms with Gasteiger partial charge in [-0.05, 0) is 42.5 Å². The monoisotopic (exact) mass is 584 g/mol. The lowest BCUT2D eigenvalue weighted by atomic mass is 10.1. The molecule has 0 unspecified atom stereocenters. The summed E-state index contributed by atoms with van der Waals surface area (Å²) in [7, 11) is 2.92. The summed E-state index contributed by atoms with van der Waals surface area (Å²) >= 11 is 0. The Hall–Kier alpha value is -5.14. The van der Waals surface area contributed by atoms with E-state index in [1.807, 2.05) is 0 Å². The number of fused-ring (bicyclic) bond motifs is 5. The number of ether oxygens (including phenoxy) is 1. The first-order valence-corrected chi connectivity index (χ1v) is 12.5. The summed E-state index contributed by atoms with van der Waals surface area (Å²) in [6.07, 6.45) is -4.96. The Morgan fingerprint density at radius 2 is 1.74 bits per heavy atom. The average molecular weight is 585 g/mol. The Morgan fingerprint density at radius 1 is 1.00 bits per heavy atom. The number of hydrogen-bond acceptors (Lipinski definition) is 6. The molecule has 3 heterocycles. The van der Waals surface area contributed by atoms with Crippen molar-refractivity contribution in [3.8, 4) is 17.1 Å². The summed E-state index contributed by atoms with van der Waals surface area (Å²) in [6, 6.07) is 11.1. The number of methoxy groups -OCH3 is 1. The van der Waals surface area contributed by atoms with Gasteiger partial charge < -0.3 is 15.4 Å². The molecule has 0 fully saturated rings. The van der Waals surface area contributed by atoms with Crippen LogP contribution in [0.15, 0.2) is 64.2 Å². The SMILES string of the molecule is COc1cccc(-n2c(=O)c3c4n(nc3n(Cc3c(F)cccc3C(F)(F)F)c2=O)-c2ccc(N)cc2N(C)C4)c1F. The highest BCUT2D eigenvalue weighted by molar-refractivity contribution is 5.82. The van der Waals surface area contributed by atoms with E-state index < -0.39 is 52.4 Å². The number of nitrogens with zero attached hydrogens (tertiary/aromatic N) is 5. The van der Waals surface area contributed by atoms with Crippen LogP contribution in [0, 0.1) is 11.6 Å². The molecule has 2 aromatic heterocycles. The molecule has 0 aliphatic carbocycles. The molecule has 3 aromatic carbocycles. The van der Waals surface area contributed by atoms with Gasteiger partial charge in [-0.25, -0.2) is 22.8 Å². The number of hydrogen-bond donors (Lipinski definition) is 1. The Morgan fingerprint density at radius 3 is 2.45 bits per heavy atom. The molecular weight excluding hydrogens is 563 g/mol. The number of anilines is 2. The fourth-order valence-corrected chi connectivity index (χ4v) is 5.27. The van der Waals surface area contributed by atoms with Crippen LogP contribution >= 0.6 is 0 Å². The third-order valence-electron chi connectivity index (χ3n) is 7.23. The number of benzene rings is 3. The van der Waals surface area contributed by atoms with Crippen molar-refractivity contribution in [2.75, 3.05) is 24.8 Å². The lowest BCUT2D eigenvalue weighted by Gasteiger charge is -2.28.